The number of anilines is 1. The van der Waals surface area contributed by atoms with Crippen LogP contribution in [0.25, 0.3) is 0 Å². The van der Waals surface area contributed by atoms with Gasteiger partial charge in [0.05, 0.1) is 10.6 Å². The fraction of sp³-hybridized carbons (Fsp3) is 0.154. The minimum absolute atomic E-state index is 0.0850. The Morgan fingerprint density at radius 3 is 2.75 bits per heavy atom. The second-order valence-electron chi connectivity index (χ2n) is 3.99. The summed E-state index contributed by atoms with van der Waals surface area (Å²) in [5, 5.41) is 2.66. The number of nitrogen functional groups attached to an aromatic ring is 1. The number of rotatable bonds is 0. The molecule has 2 N–H and O–H groups in total. The lowest BCUT2D eigenvalue weighted by Gasteiger charge is -2.03. The standard InChI is InChI=1S/C13H11NOS/c14-13-11-9(7-16-13)6-5-8-3-1-2-4-10(8)12(11)15/h1-4,7H,5-6,14H2. The van der Waals surface area contributed by atoms with Crippen molar-refractivity contribution in [3.63, 3.8) is 0 Å². The first-order chi connectivity index (χ1) is 7.77. The van der Waals surface area contributed by atoms with Crippen LogP contribution < -0.4 is 5.73 Å². The number of thiophene rings is 1. The van der Waals surface area contributed by atoms with E-state index in [-0.39, 0.29) is 5.78 Å². The molecule has 3 rings (SSSR count). The summed E-state index contributed by atoms with van der Waals surface area (Å²) >= 11 is 1.46. The van der Waals surface area contributed by atoms with Crippen molar-refractivity contribution in [2.75, 3.05) is 5.73 Å². The predicted octanol–water partition coefficient (Wildman–Crippen LogP) is 2.66. The van der Waals surface area contributed by atoms with Gasteiger partial charge in [-0.3, -0.25) is 4.79 Å². The molecule has 0 atom stereocenters. The van der Waals surface area contributed by atoms with Gasteiger partial charge in [-0.25, -0.2) is 0 Å². The van der Waals surface area contributed by atoms with E-state index in [2.05, 4.69) is 0 Å². The van der Waals surface area contributed by atoms with Crippen molar-refractivity contribution in [1.82, 2.24) is 0 Å². The second kappa shape index (κ2) is 3.46. The average molecular weight is 229 g/mol. The molecule has 0 spiro atoms. The monoisotopic (exact) mass is 229 g/mol. The lowest BCUT2D eigenvalue weighted by molar-refractivity contribution is 0.103. The summed E-state index contributed by atoms with van der Waals surface area (Å²) in [4.78, 5) is 12.3. The lowest BCUT2D eigenvalue weighted by Crippen LogP contribution is -2.04. The average Bonchev–Trinajstić information content (AvgIpc) is 2.60. The van der Waals surface area contributed by atoms with Gasteiger partial charge in [-0.2, -0.15) is 0 Å². The molecule has 16 heavy (non-hydrogen) atoms. The minimum atomic E-state index is 0.0850. The fourth-order valence-electron chi connectivity index (χ4n) is 2.22. The Balaban J connectivity index is 2.24. The molecule has 1 aromatic carbocycles. The SMILES string of the molecule is Nc1scc2c1C(=O)c1ccccc1CC2. The van der Waals surface area contributed by atoms with E-state index in [0.717, 1.165) is 35.1 Å². The molecular weight excluding hydrogens is 218 g/mol. The van der Waals surface area contributed by atoms with E-state index in [0.29, 0.717) is 5.00 Å². The summed E-state index contributed by atoms with van der Waals surface area (Å²) < 4.78 is 0. The number of carbonyl (C=O) groups is 1. The van der Waals surface area contributed by atoms with Crippen LogP contribution in [0.5, 0.6) is 0 Å². The molecule has 80 valence electrons. The maximum absolute atomic E-state index is 12.3. The van der Waals surface area contributed by atoms with Gasteiger partial charge in [-0.05, 0) is 29.3 Å². The Bertz CT molecular complexity index is 571. The molecule has 0 aliphatic heterocycles. The molecule has 0 amide bonds. The Morgan fingerprint density at radius 1 is 1.12 bits per heavy atom. The molecule has 1 aromatic heterocycles. The van der Waals surface area contributed by atoms with Crippen molar-refractivity contribution in [1.29, 1.82) is 0 Å². The van der Waals surface area contributed by atoms with Gasteiger partial charge in [-0.15, -0.1) is 11.3 Å². The van der Waals surface area contributed by atoms with Gasteiger partial charge in [0.25, 0.3) is 0 Å². The smallest absolute Gasteiger partial charge is 0.196 e. The van der Waals surface area contributed by atoms with E-state index in [1.807, 2.05) is 29.6 Å². The highest BCUT2D eigenvalue weighted by Crippen LogP contribution is 2.32. The Hall–Kier alpha value is -1.61. The van der Waals surface area contributed by atoms with Crippen LogP contribution in [-0.4, -0.2) is 5.78 Å². The van der Waals surface area contributed by atoms with Crippen LogP contribution in [0.2, 0.25) is 0 Å². The lowest BCUT2D eigenvalue weighted by atomic mass is 10.0. The van der Waals surface area contributed by atoms with E-state index in [1.54, 1.807) is 0 Å². The quantitative estimate of drug-likeness (QED) is 0.754. The normalized spacial score (nSPS) is 14.1. The number of fused-ring (bicyclic) bond motifs is 2. The number of nitrogens with two attached hydrogens (primary N) is 1. The maximum atomic E-state index is 12.3. The molecule has 3 heteroatoms. The molecular formula is C13H11NOS. The zero-order valence-corrected chi connectivity index (χ0v) is 9.51. The van der Waals surface area contributed by atoms with Crippen molar-refractivity contribution in [3.05, 3.63) is 51.9 Å². The molecule has 1 aliphatic carbocycles. The Labute approximate surface area is 97.7 Å². The van der Waals surface area contributed by atoms with Gasteiger partial charge in [0.15, 0.2) is 5.78 Å². The van der Waals surface area contributed by atoms with Crippen LogP contribution in [0, 0.1) is 0 Å². The molecule has 0 fully saturated rings. The highest BCUT2D eigenvalue weighted by Gasteiger charge is 2.23. The van der Waals surface area contributed by atoms with Crippen LogP contribution >= 0.6 is 11.3 Å². The number of carbonyl (C=O) groups excluding carboxylic acids is 1. The van der Waals surface area contributed by atoms with E-state index in [1.165, 1.54) is 11.3 Å². The second-order valence-corrected chi connectivity index (χ2v) is 4.90. The van der Waals surface area contributed by atoms with Gasteiger partial charge in [-0.1, -0.05) is 24.3 Å². The summed E-state index contributed by atoms with van der Waals surface area (Å²) in [6, 6.07) is 7.81. The predicted molar refractivity (Wildman–Crippen MR) is 66.0 cm³/mol. The molecule has 1 heterocycles. The van der Waals surface area contributed by atoms with E-state index >= 15 is 0 Å². The maximum Gasteiger partial charge on any atom is 0.196 e. The van der Waals surface area contributed by atoms with Crippen LogP contribution in [-0.2, 0) is 12.8 Å². The molecule has 2 aromatic rings. The van der Waals surface area contributed by atoms with Crippen LogP contribution in [0.3, 0.4) is 0 Å². The van der Waals surface area contributed by atoms with Gasteiger partial charge in [0, 0.05) is 5.56 Å². The van der Waals surface area contributed by atoms with Gasteiger partial charge in [0.1, 0.15) is 0 Å². The summed E-state index contributed by atoms with van der Waals surface area (Å²) in [5.74, 6) is 0.0850. The van der Waals surface area contributed by atoms with E-state index < -0.39 is 0 Å². The number of hydrogen-bond acceptors (Lipinski definition) is 3. The molecule has 0 unspecified atom stereocenters. The molecule has 0 bridgehead atoms. The van der Waals surface area contributed by atoms with E-state index in [4.69, 9.17) is 5.73 Å². The largest absolute Gasteiger partial charge is 0.390 e. The Kier molecular flexibility index (Phi) is 2.07. The van der Waals surface area contributed by atoms with Crippen molar-refractivity contribution in [3.8, 4) is 0 Å². The molecule has 0 saturated heterocycles. The molecule has 0 saturated carbocycles. The first-order valence-corrected chi connectivity index (χ1v) is 6.14. The number of ketones is 1. The van der Waals surface area contributed by atoms with Gasteiger partial charge >= 0.3 is 0 Å². The van der Waals surface area contributed by atoms with Crippen molar-refractivity contribution < 1.29 is 4.79 Å². The zero-order valence-electron chi connectivity index (χ0n) is 8.69. The summed E-state index contributed by atoms with van der Waals surface area (Å²) in [6.07, 6.45) is 1.83. The third-order valence-electron chi connectivity index (χ3n) is 3.05. The molecule has 1 aliphatic rings. The van der Waals surface area contributed by atoms with Crippen LogP contribution in [0.15, 0.2) is 29.6 Å². The number of hydrogen-bond donors (Lipinski definition) is 1. The van der Waals surface area contributed by atoms with Gasteiger partial charge in [0.2, 0.25) is 0 Å². The fourth-order valence-corrected chi connectivity index (χ4v) is 3.06. The highest BCUT2D eigenvalue weighted by molar-refractivity contribution is 7.14. The zero-order chi connectivity index (χ0) is 11.1. The molecule has 0 radical (unpaired) electrons. The minimum Gasteiger partial charge on any atom is -0.390 e. The molecule has 2 nitrogen and oxygen atoms in total. The van der Waals surface area contributed by atoms with Crippen molar-refractivity contribution >= 4 is 22.1 Å². The van der Waals surface area contributed by atoms with Crippen molar-refractivity contribution in [2.45, 2.75) is 12.8 Å². The summed E-state index contributed by atoms with van der Waals surface area (Å²) in [6.45, 7) is 0. The van der Waals surface area contributed by atoms with Crippen LogP contribution in [0.1, 0.15) is 27.0 Å². The third kappa shape index (κ3) is 1.28. The topological polar surface area (TPSA) is 43.1 Å². The Morgan fingerprint density at radius 2 is 1.88 bits per heavy atom. The first kappa shape index (κ1) is 9.60. The summed E-state index contributed by atoms with van der Waals surface area (Å²) in [5.41, 5.74) is 9.65. The highest BCUT2D eigenvalue weighted by atomic mass is 32.1. The van der Waals surface area contributed by atoms with Crippen molar-refractivity contribution in [2.24, 2.45) is 0 Å². The van der Waals surface area contributed by atoms with Crippen LogP contribution in [0.4, 0.5) is 5.00 Å². The summed E-state index contributed by atoms with van der Waals surface area (Å²) in [7, 11) is 0. The number of benzene rings is 1. The van der Waals surface area contributed by atoms with Gasteiger partial charge < -0.3 is 5.73 Å². The van der Waals surface area contributed by atoms with E-state index in [9.17, 15) is 4.79 Å². The third-order valence-corrected chi connectivity index (χ3v) is 3.91. The first-order valence-electron chi connectivity index (χ1n) is 5.26. The number of aryl methyl sites for hydroxylation is 2.